The maximum atomic E-state index is 11.2. The van der Waals surface area contributed by atoms with E-state index in [1.165, 1.54) is 17.7 Å². The van der Waals surface area contributed by atoms with Crippen molar-refractivity contribution in [2.75, 3.05) is 5.32 Å². The normalized spacial score (nSPS) is 10.3. The molecule has 0 spiro atoms. The summed E-state index contributed by atoms with van der Waals surface area (Å²) in [4.78, 5) is 20.6. The first kappa shape index (κ1) is 18.8. The zero-order valence-corrected chi connectivity index (χ0v) is 15.0. The number of aryl methyl sites for hydroxylation is 1. The molecule has 0 heterocycles. The van der Waals surface area contributed by atoms with Crippen molar-refractivity contribution in [1.82, 2.24) is 0 Å². The highest BCUT2D eigenvalue weighted by molar-refractivity contribution is 5.55. The first-order valence-corrected chi connectivity index (χ1v) is 8.42. The third-order valence-corrected chi connectivity index (χ3v) is 4.05. The quantitative estimate of drug-likeness (QED) is 0.446. The van der Waals surface area contributed by atoms with Crippen LogP contribution in [0.2, 0.25) is 0 Å². The monoisotopic (exact) mass is 379 g/mol. The van der Waals surface area contributed by atoms with Crippen LogP contribution in [0.25, 0.3) is 0 Å². The van der Waals surface area contributed by atoms with E-state index in [9.17, 15) is 20.2 Å². The van der Waals surface area contributed by atoms with Crippen LogP contribution in [0.15, 0.2) is 66.7 Å². The number of nitro groups is 2. The van der Waals surface area contributed by atoms with Gasteiger partial charge in [-0.1, -0.05) is 29.8 Å². The topological polar surface area (TPSA) is 108 Å². The van der Waals surface area contributed by atoms with Gasteiger partial charge in [-0.2, -0.15) is 0 Å². The second-order valence-corrected chi connectivity index (χ2v) is 6.13. The molecule has 3 aromatic carbocycles. The van der Waals surface area contributed by atoms with Gasteiger partial charge in [0.25, 0.3) is 5.69 Å². The molecule has 142 valence electrons. The SMILES string of the molecule is Cc1ccc(NCc2ccc(Oc3ccc([N+](=O)[O-])cc3[N+](=O)[O-])cc2)cc1. The van der Waals surface area contributed by atoms with Crippen LogP contribution in [0.1, 0.15) is 11.1 Å². The molecule has 0 radical (unpaired) electrons. The minimum Gasteiger partial charge on any atom is -0.450 e. The third kappa shape index (κ3) is 4.61. The smallest absolute Gasteiger partial charge is 0.318 e. The van der Waals surface area contributed by atoms with Crippen LogP contribution in [-0.2, 0) is 6.54 Å². The number of nitrogens with zero attached hydrogens (tertiary/aromatic N) is 2. The Balaban J connectivity index is 1.69. The Kier molecular flexibility index (Phi) is 5.50. The number of hydrogen-bond donors (Lipinski definition) is 1. The summed E-state index contributed by atoms with van der Waals surface area (Å²) in [6, 6.07) is 18.4. The van der Waals surface area contributed by atoms with Crippen LogP contribution in [0.4, 0.5) is 17.1 Å². The number of hydrogen-bond acceptors (Lipinski definition) is 6. The van der Waals surface area contributed by atoms with E-state index in [0.717, 1.165) is 17.3 Å². The van der Waals surface area contributed by atoms with E-state index in [-0.39, 0.29) is 11.4 Å². The number of anilines is 1. The summed E-state index contributed by atoms with van der Waals surface area (Å²) in [5.74, 6) is 0.345. The van der Waals surface area contributed by atoms with E-state index in [1.54, 1.807) is 12.1 Å². The summed E-state index contributed by atoms with van der Waals surface area (Å²) in [7, 11) is 0. The first-order chi connectivity index (χ1) is 13.4. The second kappa shape index (κ2) is 8.17. The van der Waals surface area contributed by atoms with Crippen LogP contribution in [0, 0.1) is 27.2 Å². The van der Waals surface area contributed by atoms with Crippen molar-refractivity contribution >= 4 is 17.1 Å². The van der Waals surface area contributed by atoms with Gasteiger partial charge in [0.05, 0.1) is 15.9 Å². The van der Waals surface area contributed by atoms with Gasteiger partial charge in [-0.3, -0.25) is 20.2 Å². The fraction of sp³-hybridized carbons (Fsp3) is 0.100. The zero-order valence-electron chi connectivity index (χ0n) is 15.0. The second-order valence-electron chi connectivity index (χ2n) is 6.13. The maximum Gasteiger partial charge on any atom is 0.318 e. The Labute approximate surface area is 160 Å². The van der Waals surface area contributed by atoms with Gasteiger partial charge in [-0.15, -0.1) is 0 Å². The Morgan fingerprint density at radius 2 is 1.57 bits per heavy atom. The van der Waals surface area contributed by atoms with Gasteiger partial charge in [0, 0.05) is 18.3 Å². The lowest BCUT2D eigenvalue weighted by atomic mass is 10.2. The van der Waals surface area contributed by atoms with Crippen LogP contribution >= 0.6 is 0 Å². The molecule has 3 aromatic rings. The summed E-state index contributed by atoms with van der Waals surface area (Å²) < 4.78 is 5.55. The lowest BCUT2D eigenvalue weighted by molar-refractivity contribution is -0.394. The third-order valence-electron chi connectivity index (χ3n) is 4.05. The van der Waals surface area contributed by atoms with E-state index < -0.39 is 15.5 Å². The molecular weight excluding hydrogens is 362 g/mol. The molecule has 0 bridgehead atoms. The van der Waals surface area contributed by atoms with Crippen molar-refractivity contribution in [2.45, 2.75) is 13.5 Å². The fourth-order valence-corrected chi connectivity index (χ4v) is 2.53. The van der Waals surface area contributed by atoms with Crippen molar-refractivity contribution in [3.05, 3.63) is 98.1 Å². The zero-order chi connectivity index (χ0) is 20.1. The first-order valence-electron chi connectivity index (χ1n) is 8.42. The minimum absolute atomic E-state index is 0.0545. The van der Waals surface area contributed by atoms with Crippen LogP contribution in [0.5, 0.6) is 11.5 Å². The van der Waals surface area contributed by atoms with Crippen molar-refractivity contribution in [3.8, 4) is 11.5 Å². The van der Waals surface area contributed by atoms with Crippen LogP contribution < -0.4 is 10.1 Å². The van der Waals surface area contributed by atoms with Crippen molar-refractivity contribution in [3.63, 3.8) is 0 Å². The van der Waals surface area contributed by atoms with E-state index >= 15 is 0 Å². The molecule has 0 aliphatic heterocycles. The number of rotatable bonds is 7. The average Bonchev–Trinajstić information content (AvgIpc) is 2.68. The summed E-state index contributed by atoms with van der Waals surface area (Å²) in [5, 5.41) is 25.3. The van der Waals surface area contributed by atoms with Crippen molar-refractivity contribution < 1.29 is 14.6 Å². The molecule has 0 atom stereocenters. The average molecular weight is 379 g/mol. The Hall–Kier alpha value is -3.94. The summed E-state index contributed by atoms with van der Waals surface area (Å²) in [6.45, 7) is 2.64. The summed E-state index contributed by atoms with van der Waals surface area (Å²) >= 11 is 0. The predicted octanol–water partition coefficient (Wildman–Crippen LogP) is 5.22. The summed E-state index contributed by atoms with van der Waals surface area (Å²) in [6.07, 6.45) is 0. The maximum absolute atomic E-state index is 11.2. The Morgan fingerprint density at radius 1 is 0.893 bits per heavy atom. The van der Waals surface area contributed by atoms with Crippen molar-refractivity contribution in [2.24, 2.45) is 0 Å². The molecule has 8 heteroatoms. The lowest BCUT2D eigenvalue weighted by Crippen LogP contribution is -1.99. The molecule has 0 aliphatic carbocycles. The van der Waals surface area contributed by atoms with Gasteiger partial charge >= 0.3 is 5.69 Å². The highest BCUT2D eigenvalue weighted by Crippen LogP contribution is 2.34. The van der Waals surface area contributed by atoms with E-state index in [1.807, 2.05) is 43.3 Å². The molecular formula is C20H17N3O5. The Morgan fingerprint density at radius 3 is 2.18 bits per heavy atom. The molecule has 0 saturated heterocycles. The molecule has 0 saturated carbocycles. The molecule has 0 fully saturated rings. The number of nitrogens with one attached hydrogen (secondary N) is 1. The standard InChI is InChI=1S/C20H17N3O5/c1-14-2-6-16(7-3-14)21-13-15-4-9-18(10-5-15)28-20-11-8-17(22(24)25)12-19(20)23(26)27/h2-12,21H,13H2,1H3. The lowest BCUT2D eigenvalue weighted by Gasteiger charge is -2.09. The molecule has 1 N–H and O–H groups in total. The molecule has 0 aromatic heterocycles. The van der Waals surface area contributed by atoms with Crippen LogP contribution in [-0.4, -0.2) is 9.85 Å². The molecule has 8 nitrogen and oxygen atoms in total. The highest BCUT2D eigenvalue weighted by atomic mass is 16.6. The van der Waals surface area contributed by atoms with Crippen molar-refractivity contribution in [1.29, 1.82) is 0 Å². The largest absolute Gasteiger partial charge is 0.450 e. The van der Waals surface area contributed by atoms with E-state index in [0.29, 0.717) is 12.3 Å². The molecule has 0 unspecified atom stereocenters. The van der Waals surface area contributed by atoms with Gasteiger partial charge in [0.1, 0.15) is 5.75 Å². The van der Waals surface area contributed by atoms with Gasteiger partial charge < -0.3 is 10.1 Å². The predicted molar refractivity (Wildman–Crippen MR) is 105 cm³/mol. The molecule has 0 amide bonds. The minimum atomic E-state index is -0.706. The Bertz CT molecular complexity index is 1000. The van der Waals surface area contributed by atoms with Gasteiger partial charge in [0.2, 0.25) is 5.75 Å². The number of ether oxygens (including phenoxy) is 1. The van der Waals surface area contributed by atoms with E-state index in [2.05, 4.69) is 5.32 Å². The van der Waals surface area contributed by atoms with E-state index in [4.69, 9.17) is 4.74 Å². The van der Waals surface area contributed by atoms with Gasteiger partial charge in [-0.05, 0) is 42.8 Å². The van der Waals surface area contributed by atoms with Gasteiger partial charge in [0.15, 0.2) is 0 Å². The van der Waals surface area contributed by atoms with Gasteiger partial charge in [-0.25, -0.2) is 0 Å². The molecule has 3 rings (SSSR count). The fourth-order valence-electron chi connectivity index (χ4n) is 2.53. The number of nitro benzene ring substituents is 2. The summed E-state index contributed by atoms with van der Waals surface area (Å²) in [5.41, 5.74) is 2.38. The van der Waals surface area contributed by atoms with Crippen LogP contribution in [0.3, 0.4) is 0 Å². The number of benzene rings is 3. The molecule has 28 heavy (non-hydrogen) atoms. The highest BCUT2D eigenvalue weighted by Gasteiger charge is 2.21. The number of non-ortho nitro benzene ring substituents is 1. The molecule has 0 aliphatic rings.